The topological polar surface area (TPSA) is 64.1 Å². The predicted molar refractivity (Wildman–Crippen MR) is 59.2 cm³/mol. The summed E-state index contributed by atoms with van der Waals surface area (Å²) in [5.74, 6) is 0.957. The lowest BCUT2D eigenvalue weighted by Crippen LogP contribution is -2.16. The smallest absolute Gasteiger partial charge is 0.127 e. The van der Waals surface area contributed by atoms with Crippen molar-refractivity contribution in [2.75, 3.05) is 5.73 Å². The largest absolute Gasteiger partial charge is 0.388 e. The van der Waals surface area contributed by atoms with Gasteiger partial charge in [-0.25, -0.2) is 0 Å². The van der Waals surface area contributed by atoms with Crippen molar-refractivity contribution >= 4 is 5.82 Å². The van der Waals surface area contributed by atoms with Gasteiger partial charge in [0.15, 0.2) is 0 Å². The van der Waals surface area contributed by atoms with Crippen LogP contribution in [0.5, 0.6) is 0 Å². The molecule has 0 radical (unpaired) electrons. The Hall–Kier alpha value is -1.03. The van der Waals surface area contributed by atoms with Crippen LogP contribution in [0.4, 0.5) is 5.82 Å². The van der Waals surface area contributed by atoms with Gasteiger partial charge >= 0.3 is 0 Å². The van der Waals surface area contributed by atoms with Crippen LogP contribution in [0.15, 0.2) is 6.20 Å². The molecule has 1 aliphatic carbocycles. The monoisotopic (exact) mass is 209 g/mol. The van der Waals surface area contributed by atoms with Crippen LogP contribution < -0.4 is 5.73 Å². The van der Waals surface area contributed by atoms with Crippen LogP contribution in [0.3, 0.4) is 0 Å². The Labute approximate surface area is 90.1 Å². The van der Waals surface area contributed by atoms with Gasteiger partial charge < -0.3 is 10.8 Å². The molecule has 1 aromatic heterocycles. The molecule has 15 heavy (non-hydrogen) atoms. The van der Waals surface area contributed by atoms with Crippen LogP contribution in [0.25, 0.3) is 0 Å². The molecule has 0 aliphatic heterocycles. The molecule has 0 bridgehead atoms. The molecule has 1 aromatic rings. The predicted octanol–water partition coefficient (Wildman–Crippen LogP) is 1.62. The van der Waals surface area contributed by atoms with Gasteiger partial charge in [-0.3, -0.25) is 4.68 Å². The molecule has 3 N–H and O–H groups in total. The summed E-state index contributed by atoms with van der Waals surface area (Å²) in [6.07, 6.45) is 7.22. The molecule has 0 amide bonds. The van der Waals surface area contributed by atoms with Gasteiger partial charge in [-0.2, -0.15) is 5.10 Å². The summed E-state index contributed by atoms with van der Waals surface area (Å²) in [6, 6.07) is 0. The molecule has 0 spiro atoms. The molecule has 1 unspecified atom stereocenters. The van der Waals surface area contributed by atoms with Gasteiger partial charge in [0.2, 0.25) is 0 Å². The Bertz CT molecular complexity index is 329. The van der Waals surface area contributed by atoms with Gasteiger partial charge in [0.05, 0.1) is 12.3 Å². The minimum Gasteiger partial charge on any atom is -0.388 e. The maximum absolute atomic E-state index is 10.2. The van der Waals surface area contributed by atoms with E-state index in [9.17, 15) is 5.11 Å². The van der Waals surface area contributed by atoms with Crippen molar-refractivity contribution in [2.45, 2.75) is 38.2 Å². The summed E-state index contributed by atoms with van der Waals surface area (Å²) in [5, 5.41) is 14.3. The van der Waals surface area contributed by atoms with E-state index in [4.69, 9.17) is 5.73 Å². The summed E-state index contributed by atoms with van der Waals surface area (Å²) in [7, 11) is 1.80. The van der Waals surface area contributed by atoms with Crippen molar-refractivity contribution in [3.63, 3.8) is 0 Å². The summed E-state index contributed by atoms with van der Waals surface area (Å²) in [5.41, 5.74) is 6.65. The molecule has 1 atom stereocenters. The highest BCUT2D eigenvalue weighted by molar-refractivity contribution is 5.40. The lowest BCUT2D eigenvalue weighted by molar-refractivity contribution is 0.0854. The zero-order valence-electron chi connectivity index (χ0n) is 9.19. The lowest BCUT2D eigenvalue weighted by Gasteiger charge is -2.26. The van der Waals surface area contributed by atoms with E-state index in [0.29, 0.717) is 11.7 Å². The van der Waals surface area contributed by atoms with E-state index in [-0.39, 0.29) is 0 Å². The molecule has 0 aromatic carbocycles. The van der Waals surface area contributed by atoms with Gasteiger partial charge in [-0.05, 0) is 18.8 Å². The summed E-state index contributed by atoms with van der Waals surface area (Å²) in [6.45, 7) is 0. The van der Waals surface area contributed by atoms with E-state index in [0.717, 1.165) is 18.4 Å². The Morgan fingerprint density at radius 2 is 2.13 bits per heavy atom. The number of anilines is 1. The summed E-state index contributed by atoms with van der Waals surface area (Å²) < 4.78 is 1.61. The molecular formula is C11H19N3O. The standard InChI is InChI=1S/C11H19N3O/c1-14-11(12)9(7-13-14)10(15)8-5-3-2-4-6-8/h7-8,10,15H,2-6,12H2,1H3. The van der Waals surface area contributed by atoms with E-state index in [1.807, 2.05) is 0 Å². The molecule has 1 aliphatic rings. The molecule has 1 fully saturated rings. The zero-order chi connectivity index (χ0) is 10.8. The van der Waals surface area contributed by atoms with Crippen molar-refractivity contribution in [1.82, 2.24) is 9.78 Å². The summed E-state index contributed by atoms with van der Waals surface area (Å²) >= 11 is 0. The Balaban J connectivity index is 2.12. The first-order valence-corrected chi connectivity index (χ1v) is 5.65. The third kappa shape index (κ3) is 2.00. The third-order valence-electron chi connectivity index (χ3n) is 3.43. The first-order chi connectivity index (χ1) is 7.20. The fourth-order valence-electron chi connectivity index (χ4n) is 2.40. The number of aliphatic hydroxyl groups excluding tert-OH is 1. The van der Waals surface area contributed by atoms with E-state index in [1.165, 1.54) is 19.3 Å². The first kappa shape index (κ1) is 10.5. The van der Waals surface area contributed by atoms with Crippen LogP contribution in [0.2, 0.25) is 0 Å². The van der Waals surface area contributed by atoms with Gasteiger partial charge in [0.1, 0.15) is 5.82 Å². The van der Waals surface area contributed by atoms with E-state index in [1.54, 1.807) is 17.9 Å². The Morgan fingerprint density at radius 3 is 2.67 bits per heavy atom. The molecule has 1 heterocycles. The molecule has 4 heteroatoms. The minimum absolute atomic E-state index is 0.366. The second-order valence-corrected chi connectivity index (χ2v) is 4.45. The van der Waals surface area contributed by atoms with Crippen LogP contribution in [-0.4, -0.2) is 14.9 Å². The number of nitrogen functional groups attached to an aromatic ring is 1. The number of nitrogens with zero attached hydrogens (tertiary/aromatic N) is 2. The Kier molecular flexibility index (Phi) is 2.95. The molecule has 84 valence electrons. The van der Waals surface area contributed by atoms with Crippen LogP contribution in [-0.2, 0) is 7.05 Å². The number of nitrogens with two attached hydrogens (primary N) is 1. The highest BCUT2D eigenvalue weighted by atomic mass is 16.3. The molecule has 2 rings (SSSR count). The molecule has 0 saturated heterocycles. The fraction of sp³-hybridized carbons (Fsp3) is 0.727. The Morgan fingerprint density at radius 1 is 1.47 bits per heavy atom. The van der Waals surface area contributed by atoms with Gasteiger partial charge in [0, 0.05) is 12.6 Å². The average Bonchev–Trinajstić information content (AvgIpc) is 2.60. The number of rotatable bonds is 2. The second kappa shape index (κ2) is 4.23. The number of aliphatic hydroxyl groups is 1. The zero-order valence-corrected chi connectivity index (χ0v) is 9.19. The summed E-state index contributed by atoms with van der Waals surface area (Å²) in [4.78, 5) is 0. The SMILES string of the molecule is Cn1ncc(C(O)C2CCCCC2)c1N. The van der Waals surface area contributed by atoms with Crippen LogP contribution in [0, 0.1) is 5.92 Å². The van der Waals surface area contributed by atoms with Crippen LogP contribution in [0.1, 0.15) is 43.8 Å². The van der Waals surface area contributed by atoms with Crippen LogP contribution >= 0.6 is 0 Å². The number of hydrogen-bond donors (Lipinski definition) is 2. The number of aryl methyl sites for hydroxylation is 1. The third-order valence-corrected chi connectivity index (χ3v) is 3.43. The maximum atomic E-state index is 10.2. The fourth-order valence-corrected chi connectivity index (χ4v) is 2.40. The quantitative estimate of drug-likeness (QED) is 0.778. The van der Waals surface area contributed by atoms with Crippen molar-refractivity contribution in [2.24, 2.45) is 13.0 Å². The maximum Gasteiger partial charge on any atom is 0.127 e. The van der Waals surface area contributed by atoms with E-state index >= 15 is 0 Å². The van der Waals surface area contributed by atoms with Crippen molar-refractivity contribution in [3.8, 4) is 0 Å². The highest BCUT2D eigenvalue weighted by Crippen LogP contribution is 2.35. The normalized spacial score (nSPS) is 20.4. The number of hydrogen-bond acceptors (Lipinski definition) is 3. The average molecular weight is 209 g/mol. The van der Waals surface area contributed by atoms with E-state index in [2.05, 4.69) is 5.10 Å². The molecule has 4 nitrogen and oxygen atoms in total. The van der Waals surface area contributed by atoms with Crippen molar-refractivity contribution in [1.29, 1.82) is 0 Å². The first-order valence-electron chi connectivity index (χ1n) is 5.65. The van der Waals surface area contributed by atoms with Crippen molar-refractivity contribution in [3.05, 3.63) is 11.8 Å². The lowest BCUT2D eigenvalue weighted by atomic mass is 9.83. The van der Waals surface area contributed by atoms with E-state index < -0.39 is 6.10 Å². The second-order valence-electron chi connectivity index (χ2n) is 4.45. The minimum atomic E-state index is -0.431. The molecule has 1 saturated carbocycles. The highest BCUT2D eigenvalue weighted by Gasteiger charge is 2.25. The van der Waals surface area contributed by atoms with Gasteiger partial charge in [-0.15, -0.1) is 0 Å². The number of aromatic nitrogens is 2. The molecular weight excluding hydrogens is 190 g/mol. The van der Waals surface area contributed by atoms with Gasteiger partial charge in [-0.1, -0.05) is 19.3 Å². The van der Waals surface area contributed by atoms with Crippen molar-refractivity contribution < 1.29 is 5.11 Å². The van der Waals surface area contributed by atoms with Gasteiger partial charge in [0.25, 0.3) is 0 Å².